The summed E-state index contributed by atoms with van der Waals surface area (Å²) in [6.07, 6.45) is 5.55. The molecule has 0 atom stereocenters. The van der Waals surface area contributed by atoms with Crippen LogP contribution in [0.25, 0.3) is 0 Å². The molecule has 6 nitrogen and oxygen atoms in total. The van der Waals surface area contributed by atoms with Crippen LogP contribution in [0.4, 0.5) is 10.6 Å². The highest BCUT2D eigenvalue weighted by atomic mass is 16.2. The van der Waals surface area contributed by atoms with Crippen molar-refractivity contribution in [2.45, 2.75) is 25.3 Å². The molecule has 0 radical (unpaired) electrons. The first-order valence-corrected chi connectivity index (χ1v) is 7.29. The second-order valence-corrected chi connectivity index (χ2v) is 5.52. The van der Waals surface area contributed by atoms with Crippen LogP contribution in [0.2, 0.25) is 0 Å². The van der Waals surface area contributed by atoms with Gasteiger partial charge in [-0.3, -0.25) is 10.1 Å². The molecular weight excluding hydrogens is 280 g/mol. The lowest BCUT2D eigenvalue weighted by molar-refractivity contribution is 0.251. The first kappa shape index (κ1) is 14.3. The van der Waals surface area contributed by atoms with Crippen LogP contribution in [-0.2, 0) is 13.6 Å². The second-order valence-electron chi connectivity index (χ2n) is 5.52. The molecule has 0 saturated heterocycles. The summed E-state index contributed by atoms with van der Waals surface area (Å²) in [5, 5.41) is 5.19. The van der Waals surface area contributed by atoms with Gasteiger partial charge < -0.3 is 9.88 Å². The summed E-state index contributed by atoms with van der Waals surface area (Å²) < 4.78 is 1.36. The van der Waals surface area contributed by atoms with E-state index in [1.54, 1.807) is 7.05 Å². The van der Waals surface area contributed by atoms with Crippen LogP contribution in [0, 0.1) is 0 Å². The van der Waals surface area contributed by atoms with E-state index in [0.717, 1.165) is 11.5 Å². The van der Waals surface area contributed by atoms with Crippen molar-refractivity contribution in [2.75, 3.05) is 5.32 Å². The van der Waals surface area contributed by atoms with Crippen molar-refractivity contribution in [2.24, 2.45) is 7.05 Å². The maximum atomic E-state index is 11.8. The number of anilines is 1. The molecule has 0 unspecified atom stereocenters. The fourth-order valence-corrected chi connectivity index (χ4v) is 2.24. The highest BCUT2D eigenvalue weighted by molar-refractivity contribution is 5.87. The van der Waals surface area contributed by atoms with Crippen LogP contribution in [-0.4, -0.2) is 15.6 Å². The molecule has 0 aliphatic heterocycles. The Morgan fingerprint density at radius 1 is 1.32 bits per heavy atom. The van der Waals surface area contributed by atoms with Gasteiger partial charge in [0.05, 0.1) is 0 Å². The number of rotatable bonds is 4. The molecule has 6 heteroatoms. The molecule has 22 heavy (non-hydrogen) atoms. The molecule has 1 aliphatic rings. The number of aromatic nitrogens is 2. The van der Waals surface area contributed by atoms with Crippen molar-refractivity contribution < 1.29 is 4.79 Å². The Morgan fingerprint density at radius 2 is 2.05 bits per heavy atom. The molecule has 1 heterocycles. The van der Waals surface area contributed by atoms with Crippen LogP contribution in [0.15, 0.2) is 41.5 Å². The van der Waals surface area contributed by atoms with Crippen molar-refractivity contribution in [1.82, 2.24) is 14.9 Å². The zero-order chi connectivity index (χ0) is 15.5. The lowest BCUT2D eigenvalue weighted by Crippen LogP contribution is -2.32. The molecule has 2 N–H and O–H groups in total. The van der Waals surface area contributed by atoms with Crippen molar-refractivity contribution >= 4 is 11.8 Å². The molecule has 1 aliphatic carbocycles. The number of aryl methyl sites for hydroxylation is 1. The molecule has 1 saturated carbocycles. The monoisotopic (exact) mass is 298 g/mol. The SMILES string of the molecule is Cn1ccnc(NC(=O)NCc2ccc(C3CC3)cc2)c1=O. The zero-order valence-corrected chi connectivity index (χ0v) is 12.4. The summed E-state index contributed by atoms with van der Waals surface area (Å²) in [5.41, 5.74) is 2.05. The van der Waals surface area contributed by atoms with Crippen LogP contribution < -0.4 is 16.2 Å². The van der Waals surface area contributed by atoms with E-state index in [-0.39, 0.29) is 11.4 Å². The van der Waals surface area contributed by atoms with Crippen molar-refractivity contribution in [3.63, 3.8) is 0 Å². The van der Waals surface area contributed by atoms with Gasteiger partial charge in [0.25, 0.3) is 5.56 Å². The van der Waals surface area contributed by atoms with Crippen molar-refractivity contribution in [1.29, 1.82) is 0 Å². The minimum atomic E-state index is -0.443. The van der Waals surface area contributed by atoms with E-state index in [1.165, 1.54) is 35.4 Å². The lowest BCUT2D eigenvalue weighted by atomic mass is 10.1. The number of urea groups is 1. The molecule has 0 spiro atoms. The average Bonchev–Trinajstić information content (AvgIpc) is 3.35. The predicted octanol–water partition coefficient (Wildman–Crippen LogP) is 1.98. The molecule has 1 aromatic carbocycles. The normalized spacial score (nSPS) is 13.7. The van der Waals surface area contributed by atoms with Crippen LogP contribution >= 0.6 is 0 Å². The van der Waals surface area contributed by atoms with E-state index in [0.29, 0.717) is 6.54 Å². The molecule has 1 aromatic heterocycles. The van der Waals surface area contributed by atoms with E-state index in [2.05, 4.69) is 27.8 Å². The molecule has 2 aromatic rings. The minimum absolute atomic E-state index is 0.0200. The van der Waals surface area contributed by atoms with Crippen molar-refractivity contribution in [3.8, 4) is 0 Å². The van der Waals surface area contributed by atoms with Crippen LogP contribution in [0.1, 0.15) is 29.9 Å². The predicted molar refractivity (Wildman–Crippen MR) is 83.8 cm³/mol. The smallest absolute Gasteiger partial charge is 0.320 e. The summed E-state index contributed by atoms with van der Waals surface area (Å²) in [6.45, 7) is 0.407. The van der Waals surface area contributed by atoms with E-state index < -0.39 is 6.03 Å². The Balaban J connectivity index is 1.55. The second kappa shape index (κ2) is 6.01. The van der Waals surface area contributed by atoms with Gasteiger partial charge in [0.1, 0.15) is 0 Å². The first-order valence-electron chi connectivity index (χ1n) is 7.29. The van der Waals surface area contributed by atoms with Gasteiger partial charge in [-0.25, -0.2) is 9.78 Å². The van der Waals surface area contributed by atoms with Crippen LogP contribution in [0.3, 0.4) is 0 Å². The Kier molecular flexibility index (Phi) is 3.91. The number of hydrogen-bond acceptors (Lipinski definition) is 3. The van der Waals surface area contributed by atoms with Gasteiger partial charge in [0.15, 0.2) is 0 Å². The Morgan fingerprint density at radius 3 is 2.73 bits per heavy atom. The number of hydrogen-bond donors (Lipinski definition) is 2. The summed E-state index contributed by atoms with van der Waals surface area (Å²) in [5.74, 6) is 0.747. The van der Waals surface area contributed by atoms with Gasteiger partial charge in [-0.1, -0.05) is 24.3 Å². The lowest BCUT2D eigenvalue weighted by Gasteiger charge is -2.08. The quantitative estimate of drug-likeness (QED) is 0.906. The van der Waals surface area contributed by atoms with Gasteiger partial charge in [-0.2, -0.15) is 0 Å². The molecule has 114 valence electrons. The van der Waals surface area contributed by atoms with Gasteiger partial charge in [-0.05, 0) is 29.9 Å². The molecule has 3 rings (SSSR count). The van der Waals surface area contributed by atoms with E-state index in [1.807, 2.05) is 12.1 Å². The third-order valence-electron chi connectivity index (χ3n) is 3.73. The maximum absolute atomic E-state index is 11.8. The number of nitrogens with zero attached hydrogens (tertiary/aromatic N) is 2. The van der Waals surface area contributed by atoms with Gasteiger partial charge >= 0.3 is 6.03 Å². The molecule has 0 bridgehead atoms. The van der Waals surface area contributed by atoms with Gasteiger partial charge in [-0.15, -0.1) is 0 Å². The fourth-order valence-electron chi connectivity index (χ4n) is 2.24. The zero-order valence-electron chi connectivity index (χ0n) is 12.4. The van der Waals surface area contributed by atoms with E-state index in [4.69, 9.17) is 0 Å². The first-order chi connectivity index (χ1) is 10.6. The number of benzene rings is 1. The molecule has 1 fully saturated rings. The third-order valence-corrected chi connectivity index (χ3v) is 3.73. The van der Waals surface area contributed by atoms with Crippen LogP contribution in [0.5, 0.6) is 0 Å². The van der Waals surface area contributed by atoms with E-state index >= 15 is 0 Å². The molecule has 2 amide bonds. The third kappa shape index (κ3) is 3.33. The average molecular weight is 298 g/mol. The number of nitrogens with one attached hydrogen (secondary N) is 2. The summed E-state index contributed by atoms with van der Waals surface area (Å²) >= 11 is 0. The summed E-state index contributed by atoms with van der Waals surface area (Å²) in [4.78, 5) is 27.4. The van der Waals surface area contributed by atoms with E-state index in [9.17, 15) is 9.59 Å². The minimum Gasteiger partial charge on any atom is -0.334 e. The summed E-state index contributed by atoms with van der Waals surface area (Å²) in [7, 11) is 1.61. The molecular formula is C16H18N4O2. The maximum Gasteiger partial charge on any atom is 0.320 e. The van der Waals surface area contributed by atoms with Gasteiger partial charge in [0, 0.05) is 26.0 Å². The number of carbonyl (C=O) groups excluding carboxylic acids is 1. The number of amides is 2. The number of carbonyl (C=O) groups is 1. The highest BCUT2D eigenvalue weighted by Gasteiger charge is 2.22. The fraction of sp³-hybridized carbons (Fsp3) is 0.312. The highest BCUT2D eigenvalue weighted by Crippen LogP contribution is 2.39. The van der Waals surface area contributed by atoms with Crippen molar-refractivity contribution in [3.05, 3.63) is 58.1 Å². The van der Waals surface area contributed by atoms with Gasteiger partial charge in [0.2, 0.25) is 5.82 Å². The summed E-state index contributed by atoms with van der Waals surface area (Å²) in [6, 6.07) is 7.82. The topological polar surface area (TPSA) is 76.0 Å². The largest absolute Gasteiger partial charge is 0.334 e. The Hall–Kier alpha value is -2.63. The Labute approximate surface area is 128 Å². The standard InChI is InChI=1S/C16H18N4O2/c1-20-9-8-17-14(15(20)21)19-16(22)18-10-11-2-4-12(5-3-11)13-6-7-13/h2-5,8-9,13H,6-7,10H2,1H3,(H2,17,18,19,22). The Bertz CT molecular complexity index is 733.